The highest BCUT2D eigenvalue weighted by molar-refractivity contribution is 5.47. The first kappa shape index (κ1) is 13.3. The van der Waals surface area contributed by atoms with E-state index in [9.17, 15) is 0 Å². The molecule has 1 aliphatic rings. The van der Waals surface area contributed by atoms with Gasteiger partial charge in [0.2, 0.25) is 0 Å². The maximum Gasteiger partial charge on any atom is 0.135 e. The number of rotatable bonds is 5. The first-order valence-corrected chi connectivity index (χ1v) is 7.05. The Bertz CT molecular complexity index is 380. The number of aromatic nitrogens is 2. The monoisotopic (exact) mass is 248 g/mol. The molecule has 0 aliphatic carbocycles. The van der Waals surface area contributed by atoms with Gasteiger partial charge in [-0.25, -0.2) is 9.97 Å². The standard InChI is InChI=1S/C14H24N4/c1-3-5-11-7-16-10-17-14(11)18-8-12(6-4-2)13(15)9-18/h7,10,12-13H,3-6,8-9,15H2,1-2H3. The van der Waals surface area contributed by atoms with E-state index in [1.165, 1.54) is 18.4 Å². The summed E-state index contributed by atoms with van der Waals surface area (Å²) in [6.45, 7) is 6.39. The van der Waals surface area contributed by atoms with Crippen molar-refractivity contribution >= 4 is 5.82 Å². The van der Waals surface area contributed by atoms with Gasteiger partial charge < -0.3 is 10.6 Å². The lowest BCUT2D eigenvalue weighted by atomic mass is 9.99. The van der Waals surface area contributed by atoms with Crippen LogP contribution in [0.3, 0.4) is 0 Å². The predicted molar refractivity (Wildman–Crippen MR) is 74.6 cm³/mol. The van der Waals surface area contributed by atoms with Gasteiger partial charge in [-0.3, -0.25) is 0 Å². The van der Waals surface area contributed by atoms with Gasteiger partial charge in [-0.2, -0.15) is 0 Å². The average molecular weight is 248 g/mol. The van der Waals surface area contributed by atoms with Gasteiger partial charge in [0.15, 0.2) is 0 Å². The van der Waals surface area contributed by atoms with E-state index in [2.05, 4.69) is 28.7 Å². The Morgan fingerprint density at radius 3 is 2.89 bits per heavy atom. The molecule has 0 amide bonds. The summed E-state index contributed by atoms with van der Waals surface area (Å²) < 4.78 is 0. The first-order chi connectivity index (χ1) is 8.76. The SMILES string of the molecule is CCCc1cncnc1N1CC(N)C(CCC)C1. The van der Waals surface area contributed by atoms with Crippen molar-refractivity contribution in [1.82, 2.24) is 9.97 Å². The van der Waals surface area contributed by atoms with E-state index in [0.717, 1.165) is 31.7 Å². The Hall–Kier alpha value is -1.16. The van der Waals surface area contributed by atoms with Gasteiger partial charge in [0, 0.05) is 30.9 Å². The molecule has 4 nitrogen and oxygen atoms in total. The van der Waals surface area contributed by atoms with Crippen LogP contribution in [0.5, 0.6) is 0 Å². The maximum absolute atomic E-state index is 6.23. The molecule has 0 radical (unpaired) electrons. The van der Waals surface area contributed by atoms with Gasteiger partial charge in [-0.15, -0.1) is 0 Å². The average Bonchev–Trinajstić information content (AvgIpc) is 2.73. The minimum atomic E-state index is 0.286. The molecule has 1 aromatic rings. The topological polar surface area (TPSA) is 55.0 Å². The third-order valence-electron chi connectivity index (χ3n) is 3.73. The fourth-order valence-corrected chi connectivity index (χ4v) is 2.83. The predicted octanol–water partition coefficient (Wildman–Crippen LogP) is 1.99. The molecule has 1 aromatic heterocycles. The molecule has 4 heteroatoms. The van der Waals surface area contributed by atoms with E-state index in [0.29, 0.717) is 5.92 Å². The van der Waals surface area contributed by atoms with Crippen molar-refractivity contribution in [3.8, 4) is 0 Å². The molecule has 18 heavy (non-hydrogen) atoms. The largest absolute Gasteiger partial charge is 0.354 e. The first-order valence-electron chi connectivity index (χ1n) is 7.05. The summed E-state index contributed by atoms with van der Waals surface area (Å²) in [4.78, 5) is 11.0. The number of nitrogens with zero attached hydrogens (tertiary/aromatic N) is 3. The Labute approximate surface area is 110 Å². The molecule has 1 fully saturated rings. The lowest BCUT2D eigenvalue weighted by molar-refractivity contribution is 0.472. The Morgan fingerprint density at radius 2 is 2.17 bits per heavy atom. The second-order valence-corrected chi connectivity index (χ2v) is 5.24. The van der Waals surface area contributed by atoms with Gasteiger partial charge >= 0.3 is 0 Å². The number of hydrogen-bond donors (Lipinski definition) is 1. The Kier molecular flexibility index (Phi) is 4.53. The van der Waals surface area contributed by atoms with Crippen LogP contribution in [0, 0.1) is 5.92 Å². The number of anilines is 1. The zero-order valence-corrected chi connectivity index (χ0v) is 11.5. The van der Waals surface area contributed by atoms with E-state index >= 15 is 0 Å². The van der Waals surface area contributed by atoms with Crippen molar-refractivity contribution in [3.63, 3.8) is 0 Å². The summed E-state index contributed by atoms with van der Waals surface area (Å²) in [5, 5.41) is 0. The zero-order valence-electron chi connectivity index (χ0n) is 11.5. The molecule has 2 N–H and O–H groups in total. The maximum atomic E-state index is 6.23. The molecule has 2 atom stereocenters. The van der Waals surface area contributed by atoms with Crippen LogP contribution >= 0.6 is 0 Å². The minimum Gasteiger partial charge on any atom is -0.354 e. The van der Waals surface area contributed by atoms with E-state index in [4.69, 9.17) is 5.73 Å². The summed E-state index contributed by atoms with van der Waals surface area (Å²) in [6, 6.07) is 0.286. The van der Waals surface area contributed by atoms with Crippen LogP contribution in [-0.2, 0) is 6.42 Å². The fraction of sp³-hybridized carbons (Fsp3) is 0.714. The molecule has 0 spiro atoms. The van der Waals surface area contributed by atoms with Gasteiger partial charge in [-0.1, -0.05) is 26.7 Å². The molecule has 1 saturated heterocycles. The molecule has 0 saturated carbocycles. The molecule has 2 rings (SSSR count). The van der Waals surface area contributed by atoms with Crippen LogP contribution < -0.4 is 10.6 Å². The zero-order chi connectivity index (χ0) is 13.0. The van der Waals surface area contributed by atoms with Crippen LogP contribution in [-0.4, -0.2) is 29.1 Å². The molecular weight excluding hydrogens is 224 g/mol. The van der Waals surface area contributed by atoms with Crippen molar-refractivity contribution in [2.45, 2.75) is 45.6 Å². The minimum absolute atomic E-state index is 0.286. The molecule has 2 heterocycles. The molecule has 0 aromatic carbocycles. The normalized spacial score (nSPS) is 23.6. The molecule has 100 valence electrons. The van der Waals surface area contributed by atoms with Crippen LogP contribution in [0.4, 0.5) is 5.82 Å². The van der Waals surface area contributed by atoms with E-state index < -0.39 is 0 Å². The highest BCUT2D eigenvalue weighted by Gasteiger charge is 2.30. The summed E-state index contributed by atoms with van der Waals surface area (Å²) in [5.74, 6) is 1.71. The third-order valence-corrected chi connectivity index (χ3v) is 3.73. The van der Waals surface area contributed by atoms with Gasteiger partial charge in [0.05, 0.1) is 0 Å². The second-order valence-electron chi connectivity index (χ2n) is 5.24. The van der Waals surface area contributed by atoms with Gasteiger partial charge in [0.25, 0.3) is 0 Å². The van der Waals surface area contributed by atoms with Crippen LogP contribution in [0.15, 0.2) is 12.5 Å². The van der Waals surface area contributed by atoms with Gasteiger partial charge in [-0.05, 0) is 18.8 Å². The highest BCUT2D eigenvalue weighted by Crippen LogP contribution is 2.27. The number of aryl methyl sites for hydroxylation is 1. The van der Waals surface area contributed by atoms with Crippen LogP contribution in [0.2, 0.25) is 0 Å². The van der Waals surface area contributed by atoms with Crippen molar-refractivity contribution in [2.24, 2.45) is 11.7 Å². The van der Waals surface area contributed by atoms with Crippen LogP contribution in [0.1, 0.15) is 38.7 Å². The second kappa shape index (κ2) is 6.14. The smallest absolute Gasteiger partial charge is 0.135 e. The van der Waals surface area contributed by atoms with Crippen LogP contribution in [0.25, 0.3) is 0 Å². The number of hydrogen-bond acceptors (Lipinski definition) is 4. The summed E-state index contributed by atoms with van der Waals surface area (Å²) in [6.07, 6.45) is 8.18. The van der Waals surface area contributed by atoms with Crippen molar-refractivity contribution in [3.05, 3.63) is 18.1 Å². The molecule has 0 bridgehead atoms. The third kappa shape index (κ3) is 2.80. The van der Waals surface area contributed by atoms with E-state index in [1.54, 1.807) is 6.33 Å². The summed E-state index contributed by atoms with van der Waals surface area (Å²) >= 11 is 0. The van der Waals surface area contributed by atoms with Crippen molar-refractivity contribution < 1.29 is 0 Å². The highest BCUT2D eigenvalue weighted by atomic mass is 15.2. The van der Waals surface area contributed by atoms with E-state index in [-0.39, 0.29) is 6.04 Å². The Morgan fingerprint density at radius 1 is 1.33 bits per heavy atom. The van der Waals surface area contributed by atoms with Crippen molar-refractivity contribution in [2.75, 3.05) is 18.0 Å². The van der Waals surface area contributed by atoms with E-state index in [1.807, 2.05) is 6.20 Å². The summed E-state index contributed by atoms with van der Waals surface area (Å²) in [5.41, 5.74) is 7.49. The van der Waals surface area contributed by atoms with Gasteiger partial charge in [0.1, 0.15) is 12.1 Å². The lowest BCUT2D eigenvalue weighted by Crippen LogP contribution is -2.30. The summed E-state index contributed by atoms with van der Waals surface area (Å²) in [7, 11) is 0. The number of nitrogens with two attached hydrogens (primary N) is 1. The molecular formula is C14H24N4. The Balaban J connectivity index is 2.13. The van der Waals surface area contributed by atoms with Crippen molar-refractivity contribution in [1.29, 1.82) is 0 Å². The molecule has 2 unspecified atom stereocenters. The fourth-order valence-electron chi connectivity index (χ4n) is 2.83. The lowest BCUT2D eigenvalue weighted by Gasteiger charge is -2.20. The molecule has 1 aliphatic heterocycles. The quantitative estimate of drug-likeness (QED) is 0.866.